The van der Waals surface area contributed by atoms with Crippen LogP contribution in [0.2, 0.25) is 0 Å². The van der Waals surface area contributed by atoms with Crippen molar-refractivity contribution < 1.29 is 4.79 Å². The van der Waals surface area contributed by atoms with Crippen molar-refractivity contribution in [3.8, 4) is 0 Å². The van der Waals surface area contributed by atoms with Gasteiger partial charge in [0.25, 0.3) is 5.56 Å². The maximum absolute atomic E-state index is 12.3. The Kier molecular flexibility index (Phi) is 4.16. The molecule has 1 heterocycles. The van der Waals surface area contributed by atoms with E-state index in [0.717, 1.165) is 10.9 Å². The van der Waals surface area contributed by atoms with Gasteiger partial charge in [-0.2, -0.15) is 0 Å². The zero-order chi connectivity index (χ0) is 15.6. The Labute approximate surface area is 124 Å². The van der Waals surface area contributed by atoms with Crippen LogP contribution in [-0.4, -0.2) is 16.0 Å². The third kappa shape index (κ3) is 3.72. The predicted molar refractivity (Wildman–Crippen MR) is 85.5 cm³/mol. The number of carbonyl (C=O) groups is 1. The van der Waals surface area contributed by atoms with Crippen LogP contribution in [0.1, 0.15) is 32.8 Å². The van der Waals surface area contributed by atoms with Crippen LogP contribution in [0.25, 0.3) is 10.9 Å². The van der Waals surface area contributed by atoms with E-state index in [2.05, 4.69) is 5.32 Å². The molecule has 0 spiro atoms. The van der Waals surface area contributed by atoms with Crippen LogP contribution in [-0.2, 0) is 11.3 Å². The molecule has 0 aliphatic heterocycles. The molecule has 0 fully saturated rings. The molecular weight excluding hydrogens is 264 g/mol. The van der Waals surface area contributed by atoms with Crippen LogP contribution in [0, 0.1) is 6.92 Å². The summed E-state index contributed by atoms with van der Waals surface area (Å²) in [6.07, 6.45) is 0.296. The molecule has 0 bridgehead atoms. The van der Waals surface area contributed by atoms with Gasteiger partial charge in [0.15, 0.2) is 0 Å². The zero-order valence-electron chi connectivity index (χ0n) is 13.1. The van der Waals surface area contributed by atoms with E-state index in [1.807, 2.05) is 51.1 Å². The highest BCUT2D eigenvalue weighted by Gasteiger charge is 2.14. The van der Waals surface area contributed by atoms with E-state index in [-0.39, 0.29) is 17.0 Å². The third-order valence-electron chi connectivity index (χ3n) is 3.26. The number of nitrogens with one attached hydrogen (secondary N) is 1. The fourth-order valence-corrected chi connectivity index (χ4v) is 2.39. The first-order valence-electron chi connectivity index (χ1n) is 7.18. The van der Waals surface area contributed by atoms with Gasteiger partial charge in [-0.05, 0) is 45.2 Å². The van der Waals surface area contributed by atoms with E-state index < -0.39 is 0 Å². The molecule has 0 aliphatic carbocycles. The van der Waals surface area contributed by atoms with Crippen molar-refractivity contribution in [2.24, 2.45) is 0 Å². The Bertz CT molecular complexity index is 724. The Morgan fingerprint density at radius 2 is 1.90 bits per heavy atom. The molecule has 1 aromatic heterocycles. The SMILES string of the molecule is Cc1cc2ccccc2n(CCC(=O)NC(C)(C)C)c1=O. The summed E-state index contributed by atoms with van der Waals surface area (Å²) in [5, 5.41) is 3.94. The molecule has 4 heteroatoms. The van der Waals surface area contributed by atoms with Gasteiger partial charge >= 0.3 is 0 Å². The maximum atomic E-state index is 12.3. The zero-order valence-corrected chi connectivity index (χ0v) is 13.1. The van der Waals surface area contributed by atoms with Crippen LogP contribution in [0.4, 0.5) is 0 Å². The van der Waals surface area contributed by atoms with E-state index in [4.69, 9.17) is 0 Å². The molecule has 0 saturated heterocycles. The fraction of sp³-hybridized carbons (Fsp3) is 0.412. The summed E-state index contributed by atoms with van der Waals surface area (Å²) in [6, 6.07) is 9.64. The summed E-state index contributed by atoms with van der Waals surface area (Å²) in [6.45, 7) is 8.03. The van der Waals surface area contributed by atoms with Gasteiger partial charge in [-0.25, -0.2) is 0 Å². The highest BCUT2D eigenvalue weighted by molar-refractivity contribution is 5.80. The first-order chi connectivity index (χ1) is 9.78. The van der Waals surface area contributed by atoms with Gasteiger partial charge in [0, 0.05) is 24.1 Å². The van der Waals surface area contributed by atoms with E-state index in [9.17, 15) is 9.59 Å². The van der Waals surface area contributed by atoms with Crippen LogP contribution in [0.15, 0.2) is 35.1 Å². The maximum Gasteiger partial charge on any atom is 0.253 e. The number of hydrogen-bond donors (Lipinski definition) is 1. The monoisotopic (exact) mass is 286 g/mol. The van der Waals surface area contributed by atoms with Crippen molar-refractivity contribution >= 4 is 16.8 Å². The molecule has 2 rings (SSSR count). The van der Waals surface area contributed by atoms with Gasteiger partial charge in [0.05, 0.1) is 5.52 Å². The number of pyridine rings is 1. The minimum Gasteiger partial charge on any atom is -0.351 e. The first kappa shape index (κ1) is 15.3. The van der Waals surface area contributed by atoms with Gasteiger partial charge in [0.2, 0.25) is 5.91 Å². The number of hydrogen-bond acceptors (Lipinski definition) is 2. The molecule has 1 amide bonds. The number of aryl methyl sites for hydroxylation is 2. The Morgan fingerprint density at radius 1 is 1.24 bits per heavy atom. The summed E-state index contributed by atoms with van der Waals surface area (Å²) in [7, 11) is 0. The van der Waals surface area contributed by atoms with E-state index in [1.54, 1.807) is 11.5 Å². The second-order valence-corrected chi connectivity index (χ2v) is 6.39. The van der Waals surface area contributed by atoms with E-state index >= 15 is 0 Å². The normalized spacial score (nSPS) is 11.6. The van der Waals surface area contributed by atoms with Crippen LogP contribution >= 0.6 is 0 Å². The van der Waals surface area contributed by atoms with Gasteiger partial charge in [-0.3, -0.25) is 9.59 Å². The summed E-state index contributed by atoms with van der Waals surface area (Å²) < 4.78 is 1.69. The number of rotatable bonds is 3. The highest BCUT2D eigenvalue weighted by Crippen LogP contribution is 2.13. The van der Waals surface area contributed by atoms with Gasteiger partial charge in [0.1, 0.15) is 0 Å². The molecule has 21 heavy (non-hydrogen) atoms. The summed E-state index contributed by atoms with van der Waals surface area (Å²) in [5.41, 5.74) is 1.29. The van der Waals surface area contributed by atoms with Crippen molar-refractivity contribution in [2.45, 2.75) is 46.2 Å². The summed E-state index contributed by atoms with van der Waals surface area (Å²) >= 11 is 0. The van der Waals surface area contributed by atoms with Crippen molar-refractivity contribution in [2.75, 3.05) is 0 Å². The Balaban J connectivity index is 2.28. The van der Waals surface area contributed by atoms with Crippen LogP contribution in [0.5, 0.6) is 0 Å². The average molecular weight is 286 g/mol. The van der Waals surface area contributed by atoms with Crippen LogP contribution in [0.3, 0.4) is 0 Å². The lowest BCUT2D eigenvalue weighted by Crippen LogP contribution is -2.41. The van der Waals surface area contributed by atoms with Gasteiger partial charge < -0.3 is 9.88 Å². The lowest BCUT2D eigenvalue weighted by Gasteiger charge is -2.20. The Hall–Kier alpha value is -2.10. The van der Waals surface area contributed by atoms with E-state index in [1.165, 1.54) is 0 Å². The predicted octanol–water partition coefficient (Wildman–Crippen LogP) is 2.61. The topological polar surface area (TPSA) is 51.1 Å². The minimum atomic E-state index is -0.253. The summed E-state index contributed by atoms with van der Waals surface area (Å²) in [4.78, 5) is 24.2. The molecule has 0 unspecified atom stereocenters. The first-order valence-corrected chi connectivity index (χ1v) is 7.18. The molecule has 0 aliphatic rings. The lowest BCUT2D eigenvalue weighted by atomic mass is 10.1. The van der Waals surface area contributed by atoms with Crippen molar-refractivity contribution in [1.82, 2.24) is 9.88 Å². The van der Waals surface area contributed by atoms with Gasteiger partial charge in [-0.15, -0.1) is 0 Å². The number of aromatic nitrogens is 1. The van der Waals surface area contributed by atoms with Crippen molar-refractivity contribution in [3.05, 3.63) is 46.2 Å². The number of amides is 1. The molecule has 2 aromatic rings. The largest absolute Gasteiger partial charge is 0.351 e. The molecule has 112 valence electrons. The Morgan fingerprint density at radius 3 is 2.57 bits per heavy atom. The second kappa shape index (κ2) is 5.72. The fourth-order valence-electron chi connectivity index (χ4n) is 2.39. The summed E-state index contributed by atoms with van der Waals surface area (Å²) in [5.74, 6) is -0.0417. The van der Waals surface area contributed by atoms with Gasteiger partial charge in [-0.1, -0.05) is 18.2 Å². The molecule has 1 aromatic carbocycles. The number of fused-ring (bicyclic) bond motifs is 1. The average Bonchev–Trinajstić information content (AvgIpc) is 2.37. The standard InChI is InChI=1S/C17H22N2O2/c1-12-11-13-7-5-6-8-14(13)19(16(12)21)10-9-15(20)18-17(2,3)4/h5-8,11H,9-10H2,1-4H3,(H,18,20). The smallest absolute Gasteiger partial charge is 0.253 e. The molecular formula is C17H22N2O2. The third-order valence-corrected chi connectivity index (χ3v) is 3.26. The quantitative estimate of drug-likeness (QED) is 0.943. The highest BCUT2D eigenvalue weighted by atomic mass is 16.2. The number of para-hydroxylation sites is 1. The molecule has 4 nitrogen and oxygen atoms in total. The number of carbonyl (C=O) groups excluding carboxylic acids is 1. The molecule has 0 radical (unpaired) electrons. The number of benzene rings is 1. The molecule has 0 atom stereocenters. The molecule has 1 N–H and O–H groups in total. The lowest BCUT2D eigenvalue weighted by molar-refractivity contribution is -0.122. The minimum absolute atomic E-state index is 0.0303. The second-order valence-electron chi connectivity index (χ2n) is 6.39. The molecule has 0 saturated carbocycles. The van der Waals surface area contributed by atoms with Crippen molar-refractivity contribution in [1.29, 1.82) is 0 Å². The van der Waals surface area contributed by atoms with Crippen molar-refractivity contribution in [3.63, 3.8) is 0 Å². The van der Waals surface area contributed by atoms with E-state index in [0.29, 0.717) is 18.5 Å². The van der Waals surface area contributed by atoms with Crippen LogP contribution < -0.4 is 10.9 Å². The number of nitrogens with zero attached hydrogens (tertiary/aromatic N) is 1.